The first-order valence-corrected chi connectivity index (χ1v) is 6.68. The van der Waals surface area contributed by atoms with Gasteiger partial charge in [0.2, 0.25) is 0 Å². The number of hydrogen-bond donors (Lipinski definition) is 1. The zero-order chi connectivity index (χ0) is 15.8. The van der Waals surface area contributed by atoms with Gasteiger partial charge in [0.25, 0.3) is 0 Å². The Bertz CT molecular complexity index is 527. The fraction of sp³-hybridized carbons (Fsp3) is 0.400. The van der Waals surface area contributed by atoms with Crippen molar-refractivity contribution in [2.24, 2.45) is 4.99 Å². The summed E-state index contributed by atoms with van der Waals surface area (Å²) in [6.45, 7) is 14.0. The quantitative estimate of drug-likeness (QED) is 0.344. The van der Waals surface area contributed by atoms with Gasteiger partial charge in [0.15, 0.2) is 6.23 Å². The molecule has 0 aromatic carbocycles. The highest BCUT2D eigenvalue weighted by molar-refractivity contribution is 5.56. The lowest BCUT2D eigenvalue weighted by Crippen LogP contribution is -2.33. The predicted molar refractivity (Wildman–Crippen MR) is 85.1 cm³/mol. The van der Waals surface area contributed by atoms with Crippen LogP contribution in [0.2, 0.25) is 0 Å². The van der Waals surface area contributed by atoms with Crippen LogP contribution in [0, 0.1) is 6.92 Å². The maximum Gasteiger partial charge on any atom is 0.318 e. The van der Waals surface area contributed by atoms with Crippen LogP contribution in [0.1, 0.15) is 19.5 Å². The molecule has 0 bridgehead atoms. The van der Waals surface area contributed by atoms with Crippen molar-refractivity contribution in [3.63, 3.8) is 0 Å². The van der Waals surface area contributed by atoms with Gasteiger partial charge in [-0.05, 0) is 26.8 Å². The summed E-state index contributed by atoms with van der Waals surface area (Å²) < 4.78 is 5.64. The van der Waals surface area contributed by atoms with Crippen molar-refractivity contribution >= 4 is 6.34 Å². The molecule has 1 unspecified atom stereocenters. The van der Waals surface area contributed by atoms with Crippen molar-refractivity contribution in [2.45, 2.75) is 27.0 Å². The van der Waals surface area contributed by atoms with Crippen LogP contribution in [0.5, 0.6) is 6.01 Å². The number of ether oxygens (including phenoxy) is 1. The minimum absolute atomic E-state index is 0.246. The first kappa shape index (κ1) is 16.7. The Balaban J connectivity index is 2.48. The number of nitrogens with one attached hydrogen (secondary N) is 1. The summed E-state index contributed by atoms with van der Waals surface area (Å²) in [7, 11) is 1.86. The number of rotatable bonds is 8. The van der Waals surface area contributed by atoms with Gasteiger partial charge in [-0.15, -0.1) is 0 Å². The van der Waals surface area contributed by atoms with E-state index in [1.807, 2.05) is 33.9 Å². The summed E-state index contributed by atoms with van der Waals surface area (Å²) >= 11 is 0. The summed E-state index contributed by atoms with van der Waals surface area (Å²) in [6, 6.07) is 2.17. The third kappa shape index (κ3) is 6.56. The molecule has 6 nitrogen and oxygen atoms in total. The zero-order valence-corrected chi connectivity index (χ0v) is 13.1. The van der Waals surface area contributed by atoms with E-state index in [-0.39, 0.29) is 6.23 Å². The van der Waals surface area contributed by atoms with Gasteiger partial charge in [0.05, 0.1) is 6.34 Å². The Morgan fingerprint density at radius 1 is 1.57 bits per heavy atom. The summed E-state index contributed by atoms with van der Waals surface area (Å²) in [4.78, 5) is 14.3. The molecule has 0 saturated carbocycles. The van der Waals surface area contributed by atoms with Crippen molar-refractivity contribution in [3.05, 3.63) is 42.5 Å². The summed E-state index contributed by atoms with van der Waals surface area (Å²) in [5, 5.41) is 3.05. The van der Waals surface area contributed by atoms with Gasteiger partial charge >= 0.3 is 6.01 Å². The Hall–Kier alpha value is -2.37. The first-order valence-electron chi connectivity index (χ1n) is 6.68. The summed E-state index contributed by atoms with van der Waals surface area (Å²) in [5.74, 6) is 0.573. The smallest absolute Gasteiger partial charge is 0.318 e. The molecular weight excluding hydrogens is 266 g/mol. The molecule has 0 aliphatic rings. The van der Waals surface area contributed by atoms with E-state index in [9.17, 15) is 0 Å². The molecular formula is C15H23N5O. The van der Waals surface area contributed by atoms with Crippen LogP contribution in [0.25, 0.3) is 0 Å². The number of aliphatic imine (C=N–C) groups is 1. The van der Waals surface area contributed by atoms with Gasteiger partial charge in [-0.25, -0.2) is 15.0 Å². The molecule has 1 N–H and O–H groups in total. The Kier molecular flexibility index (Phi) is 6.39. The van der Waals surface area contributed by atoms with Crippen LogP contribution in [-0.4, -0.2) is 41.0 Å². The summed E-state index contributed by atoms with van der Waals surface area (Å²) in [6.07, 6.45) is 3.07. The standard InChI is InChI=1S/C15H23N5O/c1-11(2)9-17-13(4)18-10-20(6)14(5)21-15-16-8-7-12(3)19-15/h7-8,10,14,17H,1,4,9H2,2-3,5-6H3/b18-10-. The predicted octanol–water partition coefficient (Wildman–Crippen LogP) is 2.11. The van der Waals surface area contributed by atoms with Gasteiger partial charge in [-0.1, -0.05) is 18.7 Å². The average molecular weight is 289 g/mol. The van der Waals surface area contributed by atoms with Crippen molar-refractivity contribution in [1.29, 1.82) is 0 Å². The molecule has 0 aliphatic heterocycles. The fourth-order valence-electron chi connectivity index (χ4n) is 1.27. The van der Waals surface area contributed by atoms with E-state index in [1.165, 1.54) is 0 Å². The lowest BCUT2D eigenvalue weighted by molar-refractivity contribution is 0.105. The van der Waals surface area contributed by atoms with E-state index in [0.29, 0.717) is 18.4 Å². The average Bonchev–Trinajstić information content (AvgIpc) is 2.42. The minimum atomic E-state index is -0.246. The van der Waals surface area contributed by atoms with Crippen molar-refractivity contribution in [1.82, 2.24) is 20.2 Å². The van der Waals surface area contributed by atoms with Crippen LogP contribution >= 0.6 is 0 Å². The Morgan fingerprint density at radius 2 is 2.29 bits per heavy atom. The molecule has 1 aromatic rings. The molecule has 1 rings (SSSR count). The van der Waals surface area contributed by atoms with E-state index >= 15 is 0 Å². The van der Waals surface area contributed by atoms with Gasteiger partial charge in [-0.3, -0.25) is 0 Å². The molecule has 21 heavy (non-hydrogen) atoms. The Morgan fingerprint density at radius 3 is 2.90 bits per heavy atom. The topological polar surface area (TPSA) is 62.6 Å². The van der Waals surface area contributed by atoms with E-state index < -0.39 is 0 Å². The van der Waals surface area contributed by atoms with Gasteiger partial charge in [0, 0.05) is 25.5 Å². The lowest BCUT2D eigenvalue weighted by Gasteiger charge is -2.22. The van der Waals surface area contributed by atoms with Crippen molar-refractivity contribution in [3.8, 4) is 6.01 Å². The molecule has 1 heterocycles. The van der Waals surface area contributed by atoms with Crippen LogP contribution in [0.3, 0.4) is 0 Å². The van der Waals surface area contributed by atoms with Gasteiger partial charge < -0.3 is 15.0 Å². The molecule has 0 saturated heterocycles. The number of aromatic nitrogens is 2. The molecule has 0 amide bonds. The molecule has 6 heteroatoms. The van der Waals surface area contributed by atoms with E-state index in [4.69, 9.17) is 4.74 Å². The second kappa shape index (κ2) is 8.04. The monoisotopic (exact) mass is 289 g/mol. The Labute approximate surface area is 126 Å². The molecule has 0 fully saturated rings. The van der Waals surface area contributed by atoms with Crippen LogP contribution < -0.4 is 10.1 Å². The highest BCUT2D eigenvalue weighted by atomic mass is 16.5. The molecule has 0 spiro atoms. The van der Waals surface area contributed by atoms with Crippen LogP contribution in [0.15, 0.2) is 41.8 Å². The number of hydrogen-bond acceptors (Lipinski definition) is 5. The highest BCUT2D eigenvalue weighted by Crippen LogP contribution is 2.06. The molecule has 0 radical (unpaired) electrons. The second-order valence-electron chi connectivity index (χ2n) is 4.87. The van der Waals surface area contributed by atoms with Crippen molar-refractivity contribution in [2.75, 3.05) is 13.6 Å². The van der Waals surface area contributed by atoms with Crippen molar-refractivity contribution < 1.29 is 4.74 Å². The molecule has 0 aliphatic carbocycles. The third-order valence-electron chi connectivity index (χ3n) is 2.61. The normalized spacial score (nSPS) is 12.0. The first-order chi connectivity index (χ1) is 9.88. The maximum atomic E-state index is 5.64. The minimum Gasteiger partial charge on any atom is -0.440 e. The van der Waals surface area contributed by atoms with Gasteiger partial charge in [0.1, 0.15) is 5.82 Å². The summed E-state index contributed by atoms with van der Waals surface area (Å²) in [5.41, 5.74) is 1.88. The molecule has 1 aromatic heterocycles. The van der Waals surface area contributed by atoms with E-state index in [2.05, 4.69) is 33.4 Å². The second-order valence-corrected chi connectivity index (χ2v) is 4.87. The number of aryl methyl sites for hydroxylation is 1. The molecule has 114 valence electrons. The lowest BCUT2D eigenvalue weighted by atomic mass is 10.3. The van der Waals surface area contributed by atoms with E-state index in [0.717, 1.165) is 11.3 Å². The largest absolute Gasteiger partial charge is 0.440 e. The number of nitrogens with zero attached hydrogens (tertiary/aromatic N) is 4. The zero-order valence-electron chi connectivity index (χ0n) is 13.1. The SMILES string of the molecule is C=C(C)CNC(=C)/N=C\N(C)C(C)Oc1nccc(C)n1. The van der Waals surface area contributed by atoms with E-state index in [1.54, 1.807) is 17.4 Å². The molecule has 1 atom stereocenters. The maximum absolute atomic E-state index is 5.64. The third-order valence-corrected chi connectivity index (χ3v) is 2.61. The highest BCUT2D eigenvalue weighted by Gasteiger charge is 2.09. The van der Waals surface area contributed by atoms with Crippen LogP contribution in [-0.2, 0) is 0 Å². The fourth-order valence-corrected chi connectivity index (χ4v) is 1.27. The van der Waals surface area contributed by atoms with Gasteiger partial charge in [-0.2, -0.15) is 0 Å². The van der Waals surface area contributed by atoms with Crippen LogP contribution in [0.4, 0.5) is 0 Å².